The van der Waals surface area contributed by atoms with Crippen LogP contribution in [0.3, 0.4) is 0 Å². The molecule has 106 valence electrons. The van der Waals surface area contributed by atoms with E-state index in [4.69, 9.17) is 10.5 Å². The largest absolute Gasteiger partial charge is 0.496 e. The Morgan fingerprint density at radius 3 is 2.11 bits per heavy atom. The molecular formula is C16H25NO2. The van der Waals surface area contributed by atoms with Crippen LogP contribution in [0.5, 0.6) is 5.75 Å². The van der Waals surface area contributed by atoms with Crippen molar-refractivity contribution in [1.82, 2.24) is 0 Å². The Kier molecular flexibility index (Phi) is 4.11. The Labute approximate surface area is 116 Å². The molecule has 1 aromatic carbocycles. The molecule has 0 spiro atoms. The molecule has 0 saturated carbocycles. The molecular weight excluding hydrogens is 238 g/mol. The second-order valence-corrected chi connectivity index (χ2v) is 6.26. The van der Waals surface area contributed by atoms with Gasteiger partial charge in [-0.25, -0.2) is 0 Å². The molecule has 0 aliphatic carbocycles. The number of hydrogen-bond donors (Lipinski definition) is 1. The van der Waals surface area contributed by atoms with Crippen LogP contribution < -0.4 is 10.5 Å². The van der Waals surface area contributed by atoms with Gasteiger partial charge >= 0.3 is 0 Å². The number of methoxy groups -OCH3 is 1. The van der Waals surface area contributed by atoms with Gasteiger partial charge in [-0.15, -0.1) is 0 Å². The van der Waals surface area contributed by atoms with E-state index in [0.717, 1.165) is 11.1 Å². The first kappa shape index (κ1) is 15.7. The molecule has 2 N–H and O–H groups in total. The number of nitrogens with two attached hydrogens (primary N) is 1. The van der Waals surface area contributed by atoms with Crippen LogP contribution in [0.2, 0.25) is 0 Å². The molecule has 0 saturated heterocycles. The lowest BCUT2D eigenvalue weighted by molar-refractivity contribution is 0.0731. The highest BCUT2D eigenvalue weighted by Crippen LogP contribution is 2.36. The third kappa shape index (κ3) is 2.66. The van der Waals surface area contributed by atoms with Crippen LogP contribution in [0.25, 0.3) is 0 Å². The minimum Gasteiger partial charge on any atom is -0.496 e. The zero-order chi connectivity index (χ0) is 15.0. The first-order chi connectivity index (χ1) is 8.54. The number of ether oxygens (including phenoxy) is 1. The van der Waals surface area contributed by atoms with Crippen molar-refractivity contribution in [3.8, 4) is 5.75 Å². The number of ketones is 1. The molecule has 0 amide bonds. The highest BCUT2D eigenvalue weighted by atomic mass is 16.5. The van der Waals surface area contributed by atoms with Crippen molar-refractivity contribution in [3.63, 3.8) is 0 Å². The highest BCUT2D eigenvalue weighted by molar-refractivity contribution is 6.03. The second-order valence-electron chi connectivity index (χ2n) is 6.26. The lowest BCUT2D eigenvalue weighted by atomic mass is 9.70. The molecule has 0 aromatic heterocycles. The standard InChI is InChI=1S/C16H25NO2/c1-10-8-9-12(13(19-7)11(10)2)14(18)15(3,4)16(5,6)17/h8-9H,17H2,1-7H3. The zero-order valence-corrected chi connectivity index (χ0v) is 13.0. The van der Waals surface area contributed by atoms with Gasteiger partial charge in [0.2, 0.25) is 0 Å². The maximum absolute atomic E-state index is 12.8. The van der Waals surface area contributed by atoms with Crippen LogP contribution in [0, 0.1) is 19.3 Å². The fourth-order valence-electron chi connectivity index (χ4n) is 1.86. The van der Waals surface area contributed by atoms with Crippen molar-refractivity contribution < 1.29 is 9.53 Å². The summed E-state index contributed by atoms with van der Waals surface area (Å²) in [6.45, 7) is 11.5. The fraction of sp³-hybridized carbons (Fsp3) is 0.562. The first-order valence-corrected chi connectivity index (χ1v) is 6.52. The Morgan fingerprint density at radius 2 is 1.68 bits per heavy atom. The van der Waals surface area contributed by atoms with Gasteiger partial charge in [0.15, 0.2) is 5.78 Å². The molecule has 0 heterocycles. The first-order valence-electron chi connectivity index (χ1n) is 6.52. The summed E-state index contributed by atoms with van der Waals surface area (Å²) in [6, 6.07) is 3.78. The van der Waals surface area contributed by atoms with Crippen LogP contribution in [-0.2, 0) is 0 Å². The number of carbonyl (C=O) groups excluding carboxylic acids is 1. The number of hydrogen-bond acceptors (Lipinski definition) is 3. The quantitative estimate of drug-likeness (QED) is 0.848. The lowest BCUT2D eigenvalue weighted by Crippen LogP contribution is -2.51. The van der Waals surface area contributed by atoms with Gasteiger partial charge < -0.3 is 10.5 Å². The van der Waals surface area contributed by atoms with Gasteiger partial charge in [0.05, 0.1) is 12.7 Å². The van der Waals surface area contributed by atoms with Crippen LogP contribution in [0.4, 0.5) is 0 Å². The van der Waals surface area contributed by atoms with Gasteiger partial charge in [-0.3, -0.25) is 4.79 Å². The summed E-state index contributed by atoms with van der Waals surface area (Å²) < 4.78 is 5.42. The van der Waals surface area contributed by atoms with Crippen LogP contribution in [0.1, 0.15) is 49.2 Å². The van der Waals surface area contributed by atoms with Crippen molar-refractivity contribution >= 4 is 5.78 Å². The van der Waals surface area contributed by atoms with Crippen LogP contribution in [0.15, 0.2) is 12.1 Å². The van der Waals surface area contributed by atoms with Crippen molar-refractivity contribution in [2.24, 2.45) is 11.1 Å². The Hall–Kier alpha value is -1.35. The van der Waals surface area contributed by atoms with Gasteiger partial charge in [0, 0.05) is 11.0 Å². The van der Waals surface area contributed by atoms with Gasteiger partial charge in [0.1, 0.15) is 5.75 Å². The summed E-state index contributed by atoms with van der Waals surface area (Å²) in [5.41, 5.74) is 7.60. The highest BCUT2D eigenvalue weighted by Gasteiger charge is 2.41. The van der Waals surface area contributed by atoms with E-state index in [1.165, 1.54) is 0 Å². The number of carbonyl (C=O) groups is 1. The molecule has 1 rings (SSSR count). The van der Waals surface area contributed by atoms with E-state index in [1.807, 2.05) is 53.7 Å². The predicted octanol–water partition coefficient (Wildman–Crippen LogP) is 3.26. The van der Waals surface area contributed by atoms with Gasteiger partial charge in [-0.05, 0) is 44.9 Å². The summed E-state index contributed by atoms with van der Waals surface area (Å²) in [5, 5.41) is 0. The van der Waals surface area contributed by atoms with E-state index >= 15 is 0 Å². The molecule has 0 fully saturated rings. The molecule has 19 heavy (non-hydrogen) atoms. The molecule has 0 radical (unpaired) electrons. The van der Waals surface area contributed by atoms with Crippen LogP contribution in [-0.4, -0.2) is 18.4 Å². The molecule has 0 bridgehead atoms. The summed E-state index contributed by atoms with van der Waals surface area (Å²) in [6.07, 6.45) is 0. The molecule has 0 unspecified atom stereocenters. The molecule has 3 nitrogen and oxygen atoms in total. The molecule has 1 aromatic rings. The van der Waals surface area contributed by atoms with Crippen molar-refractivity contribution in [2.45, 2.75) is 47.1 Å². The van der Waals surface area contributed by atoms with E-state index in [9.17, 15) is 4.79 Å². The number of aryl methyl sites for hydroxylation is 1. The summed E-state index contributed by atoms with van der Waals surface area (Å²) in [5.74, 6) is 0.669. The number of Topliss-reactive ketones (excluding diaryl/α,β-unsaturated/α-hetero) is 1. The smallest absolute Gasteiger partial charge is 0.173 e. The third-order valence-corrected chi connectivity index (χ3v) is 4.30. The predicted molar refractivity (Wildman–Crippen MR) is 78.8 cm³/mol. The summed E-state index contributed by atoms with van der Waals surface area (Å²) in [4.78, 5) is 12.8. The van der Waals surface area contributed by atoms with E-state index in [2.05, 4.69) is 0 Å². The van der Waals surface area contributed by atoms with E-state index in [-0.39, 0.29) is 5.78 Å². The summed E-state index contributed by atoms with van der Waals surface area (Å²) >= 11 is 0. The SMILES string of the molecule is COc1c(C(=O)C(C)(C)C(C)(C)N)ccc(C)c1C. The average molecular weight is 263 g/mol. The monoisotopic (exact) mass is 263 g/mol. The molecule has 0 atom stereocenters. The van der Waals surface area contributed by atoms with Crippen LogP contribution >= 0.6 is 0 Å². The molecule has 0 aliphatic rings. The van der Waals surface area contributed by atoms with E-state index in [1.54, 1.807) is 7.11 Å². The number of rotatable bonds is 4. The Morgan fingerprint density at radius 1 is 1.16 bits per heavy atom. The van der Waals surface area contributed by atoms with Crippen molar-refractivity contribution in [3.05, 3.63) is 28.8 Å². The maximum Gasteiger partial charge on any atom is 0.173 e. The van der Waals surface area contributed by atoms with Gasteiger partial charge in [0.25, 0.3) is 0 Å². The summed E-state index contributed by atoms with van der Waals surface area (Å²) in [7, 11) is 1.60. The van der Waals surface area contributed by atoms with Gasteiger partial charge in [-0.2, -0.15) is 0 Å². The van der Waals surface area contributed by atoms with Gasteiger partial charge in [-0.1, -0.05) is 19.9 Å². The van der Waals surface area contributed by atoms with Crippen molar-refractivity contribution in [2.75, 3.05) is 7.11 Å². The minimum absolute atomic E-state index is 0.0138. The Balaban J connectivity index is 3.40. The number of benzene rings is 1. The lowest BCUT2D eigenvalue weighted by Gasteiger charge is -2.37. The molecule has 0 aliphatic heterocycles. The third-order valence-electron chi connectivity index (χ3n) is 4.30. The second kappa shape index (κ2) is 4.97. The Bertz CT molecular complexity index is 496. The topological polar surface area (TPSA) is 52.3 Å². The van der Waals surface area contributed by atoms with Crippen molar-refractivity contribution in [1.29, 1.82) is 0 Å². The van der Waals surface area contributed by atoms with E-state index in [0.29, 0.717) is 11.3 Å². The normalized spacial score (nSPS) is 12.4. The maximum atomic E-state index is 12.8. The zero-order valence-electron chi connectivity index (χ0n) is 13.0. The van der Waals surface area contributed by atoms with E-state index < -0.39 is 11.0 Å². The molecule has 3 heteroatoms. The average Bonchev–Trinajstić information content (AvgIpc) is 2.30. The fourth-order valence-corrected chi connectivity index (χ4v) is 1.86. The minimum atomic E-state index is -0.665.